The van der Waals surface area contributed by atoms with Gasteiger partial charge in [0.1, 0.15) is 84.3 Å². The number of rotatable bonds is 2. The Balaban J connectivity index is 2.68. The van der Waals surface area contributed by atoms with E-state index in [2.05, 4.69) is 4.99 Å². The molecule has 20 radical (unpaired) electrons. The second-order valence-electron chi connectivity index (χ2n) is 5.73. The standard InChI is InChI=1S/C14H3B10N3/c15-3-1(4(16)8(20)11(23)7(3)19)13(25)27-14(26)2-5(17)9(21)12(24)10(22)6(2)18/h(H3,25,26,27). The van der Waals surface area contributed by atoms with Crippen LogP contribution in [0.2, 0.25) is 0 Å². The Morgan fingerprint density at radius 3 is 1.11 bits per heavy atom. The van der Waals surface area contributed by atoms with Gasteiger partial charge in [-0.3, -0.25) is 5.41 Å². The zero-order valence-corrected chi connectivity index (χ0v) is 14.3. The minimum absolute atomic E-state index is 0.00562. The van der Waals surface area contributed by atoms with Gasteiger partial charge in [-0.1, -0.05) is 21.9 Å². The molecule has 3 nitrogen and oxygen atoms in total. The lowest BCUT2D eigenvalue weighted by molar-refractivity contribution is 1.42. The van der Waals surface area contributed by atoms with Gasteiger partial charge in [0.25, 0.3) is 0 Å². The molecule has 0 aromatic heterocycles. The molecule has 0 spiro atoms. The predicted molar refractivity (Wildman–Crippen MR) is 124 cm³/mol. The molecule has 0 aliphatic rings. The van der Waals surface area contributed by atoms with Gasteiger partial charge in [-0.25, -0.2) is 4.99 Å². The Hall–Kier alpha value is -1.77. The van der Waals surface area contributed by atoms with Gasteiger partial charge in [-0.15, -0.1) is 32.8 Å². The number of nitrogens with two attached hydrogens (primary N) is 1. The lowest BCUT2D eigenvalue weighted by atomic mass is 9.60. The van der Waals surface area contributed by atoms with Crippen LogP contribution in [0.25, 0.3) is 0 Å². The van der Waals surface area contributed by atoms with Crippen LogP contribution < -0.4 is 60.4 Å². The highest BCUT2D eigenvalue weighted by molar-refractivity contribution is 6.70. The van der Waals surface area contributed by atoms with Crippen LogP contribution in [-0.2, 0) is 0 Å². The first kappa shape index (κ1) is 21.5. The van der Waals surface area contributed by atoms with Crippen LogP contribution in [0.4, 0.5) is 0 Å². The van der Waals surface area contributed by atoms with Crippen LogP contribution in [-0.4, -0.2) is 90.1 Å². The first-order chi connectivity index (χ1) is 12.4. The Labute approximate surface area is 172 Å². The molecule has 2 rings (SSSR count). The van der Waals surface area contributed by atoms with Crippen molar-refractivity contribution in [1.29, 1.82) is 5.41 Å². The zero-order valence-electron chi connectivity index (χ0n) is 14.3. The Bertz CT molecular complexity index is 957. The summed E-state index contributed by atoms with van der Waals surface area (Å²) in [5, 5.41) is 8.20. The molecule has 3 N–H and O–H groups in total. The third kappa shape index (κ3) is 3.53. The number of benzene rings is 2. The number of amidine groups is 2. The van der Waals surface area contributed by atoms with Crippen LogP contribution >= 0.6 is 0 Å². The molecule has 0 heterocycles. The second kappa shape index (κ2) is 7.69. The fourth-order valence-electron chi connectivity index (χ4n) is 2.46. The van der Waals surface area contributed by atoms with E-state index in [1.165, 1.54) is 0 Å². The van der Waals surface area contributed by atoms with Gasteiger partial charge in [-0.05, 0) is 0 Å². The van der Waals surface area contributed by atoms with E-state index in [0.717, 1.165) is 0 Å². The van der Waals surface area contributed by atoms with Crippen LogP contribution in [0.3, 0.4) is 0 Å². The Kier molecular flexibility index (Phi) is 6.13. The van der Waals surface area contributed by atoms with Crippen molar-refractivity contribution >= 4 is 145 Å². The van der Waals surface area contributed by atoms with Gasteiger partial charge < -0.3 is 5.73 Å². The van der Waals surface area contributed by atoms with Crippen molar-refractivity contribution in [2.24, 2.45) is 10.7 Å². The van der Waals surface area contributed by atoms with Crippen LogP contribution in [0, 0.1) is 5.41 Å². The zero-order chi connectivity index (χ0) is 20.8. The molecule has 0 fully saturated rings. The molecule has 2 aromatic carbocycles. The molecular weight excluding hydrogens is 318 g/mol. The molecule has 0 aliphatic heterocycles. The summed E-state index contributed by atoms with van der Waals surface area (Å²) in [5.74, 6) is -0.713. The number of nitrogens with zero attached hydrogens (tertiary/aromatic N) is 1. The van der Waals surface area contributed by atoms with E-state index in [1.54, 1.807) is 0 Å². The SMILES string of the molecule is [B]c1c([B])c([B])c(C(=N)N=C(N)c2c([B])c([B])c([B])c([B])c2[B])c([B])c1[B]. The third-order valence-electron chi connectivity index (χ3n) is 4.12. The summed E-state index contributed by atoms with van der Waals surface area (Å²) in [5.41, 5.74) is 5.66. The van der Waals surface area contributed by atoms with Gasteiger partial charge in [0.15, 0.2) is 5.84 Å². The molecule has 2 aromatic rings. The smallest absolute Gasteiger partial charge is 0.152 e. The van der Waals surface area contributed by atoms with Crippen molar-refractivity contribution in [3.8, 4) is 0 Å². The lowest BCUT2D eigenvalue weighted by Crippen LogP contribution is -2.58. The predicted octanol–water partition coefficient (Wildman–Crippen LogP) is -9.64. The minimum Gasteiger partial charge on any atom is -0.383 e. The van der Waals surface area contributed by atoms with E-state index < -0.39 is 5.84 Å². The largest absolute Gasteiger partial charge is 0.383 e. The fourth-order valence-corrected chi connectivity index (χ4v) is 2.46. The molecule has 0 aliphatic carbocycles. The maximum atomic E-state index is 8.20. The summed E-state index contributed by atoms with van der Waals surface area (Å²) in [6.07, 6.45) is 0. The second-order valence-corrected chi connectivity index (χ2v) is 5.73. The normalized spacial score (nSPS) is 11.5. The molecule has 0 atom stereocenters. The summed E-state index contributed by atoms with van der Waals surface area (Å²) in [6.45, 7) is 0. The van der Waals surface area contributed by atoms with Gasteiger partial charge in [0.2, 0.25) is 0 Å². The average Bonchev–Trinajstić information content (AvgIpc) is 2.61. The van der Waals surface area contributed by atoms with E-state index in [9.17, 15) is 0 Å². The molecule has 0 saturated heterocycles. The maximum Gasteiger partial charge on any atom is 0.152 e. The van der Waals surface area contributed by atoms with Crippen LogP contribution in [0.15, 0.2) is 4.99 Å². The summed E-state index contributed by atoms with van der Waals surface area (Å²) in [7, 11) is 58.3. The van der Waals surface area contributed by atoms with Crippen molar-refractivity contribution in [3.63, 3.8) is 0 Å². The third-order valence-corrected chi connectivity index (χ3v) is 4.12. The van der Waals surface area contributed by atoms with Crippen molar-refractivity contribution in [2.45, 2.75) is 0 Å². The highest BCUT2D eigenvalue weighted by Gasteiger charge is 2.17. The molecule has 0 saturated carbocycles. The Morgan fingerprint density at radius 1 is 0.519 bits per heavy atom. The van der Waals surface area contributed by atoms with Gasteiger partial charge in [0.05, 0.1) is 0 Å². The topological polar surface area (TPSA) is 62.2 Å². The van der Waals surface area contributed by atoms with E-state index in [0.29, 0.717) is 0 Å². The van der Waals surface area contributed by atoms with Gasteiger partial charge >= 0.3 is 0 Å². The highest BCUT2D eigenvalue weighted by Crippen LogP contribution is 1.95. The number of nitrogens with one attached hydrogen (secondary N) is 1. The average molecular weight is 321 g/mol. The summed E-state index contributed by atoms with van der Waals surface area (Å²) < 4.78 is 0. The molecule has 27 heavy (non-hydrogen) atoms. The van der Waals surface area contributed by atoms with Gasteiger partial charge in [-0.2, -0.15) is 0 Å². The first-order valence-electron chi connectivity index (χ1n) is 7.37. The van der Waals surface area contributed by atoms with Crippen LogP contribution in [0.1, 0.15) is 11.1 Å². The van der Waals surface area contributed by atoms with E-state index in [4.69, 9.17) is 89.6 Å². The molecule has 104 valence electrons. The first-order valence-corrected chi connectivity index (χ1v) is 7.37. The van der Waals surface area contributed by atoms with Crippen molar-refractivity contribution in [2.75, 3.05) is 0 Å². The lowest BCUT2D eigenvalue weighted by Gasteiger charge is -2.22. The monoisotopic (exact) mass is 323 g/mol. The number of hydrogen-bond donors (Lipinski definition) is 2. The van der Waals surface area contributed by atoms with Crippen LogP contribution in [0.5, 0.6) is 0 Å². The fraction of sp³-hybridized carbons (Fsp3) is 0. The van der Waals surface area contributed by atoms with Crippen molar-refractivity contribution < 1.29 is 0 Å². The number of hydrogen-bond acceptors (Lipinski definition) is 1. The van der Waals surface area contributed by atoms with Crippen molar-refractivity contribution in [3.05, 3.63) is 11.1 Å². The quantitative estimate of drug-likeness (QED) is 0.322. The Morgan fingerprint density at radius 2 is 0.778 bits per heavy atom. The van der Waals surface area contributed by atoms with E-state index in [1.807, 2.05) is 0 Å². The molecule has 0 bridgehead atoms. The molecule has 0 amide bonds. The van der Waals surface area contributed by atoms with Gasteiger partial charge in [0, 0.05) is 11.1 Å². The minimum atomic E-state index is -0.450. The van der Waals surface area contributed by atoms with E-state index >= 15 is 0 Å². The molecular formula is C14H3B10N3. The van der Waals surface area contributed by atoms with Crippen molar-refractivity contribution in [1.82, 2.24) is 0 Å². The molecule has 13 heteroatoms. The highest BCUT2D eigenvalue weighted by atomic mass is 14.9. The van der Waals surface area contributed by atoms with E-state index in [-0.39, 0.29) is 71.6 Å². The summed E-state index contributed by atoms with van der Waals surface area (Å²) >= 11 is 0. The molecule has 0 unspecified atom stereocenters. The summed E-state index contributed by atoms with van der Waals surface area (Å²) in [6, 6.07) is 0. The summed E-state index contributed by atoms with van der Waals surface area (Å²) in [4.78, 5) is 3.94. The maximum absolute atomic E-state index is 8.20. The number of aliphatic imine (C=N–C) groups is 1.